The molecule has 2 atom stereocenters. The number of hydrogen-bond donors (Lipinski definition) is 2. The molecule has 0 fully saturated rings. The second-order valence-corrected chi connectivity index (χ2v) is 9.81. The Kier molecular flexibility index (Phi) is 12.4. The first kappa shape index (κ1) is 30.9. The van der Waals surface area contributed by atoms with E-state index in [1.165, 1.54) is 4.90 Å². The van der Waals surface area contributed by atoms with Crippen molar-refractivity contribution in [2.24, 2.45) is 0 Å². The first-order chi connectivity index (χ1) is 16.8. The van der Waals surface area contributed by atoms with Gasteiger partial charge in [-0.05, 0) is 71.6 Å². The lowest BCUT2D eigenvalue weighted by molar-refractivity contribution is -0.144. The summed E-state index contributed by atoms with van der Waals surface area (Å²) in [5.41, 5.74) is 1.74. The summed E-state index contributed by atoms with van der Waals surface area (Å²) in [6.07, 6.45) is 0.795. The van der Waals surface area contributed by atoms with Crippen LogP contribution in [-0.2, 0) is 23.9 Å². The number of benzene rings is 1. The molecular weight excluding hydrogens is 462 g/mol. The zero-order valence-corrected chi connectivity index (χ0v) is 23.0. The number of alkyl carbamates (subject to hydrolysis) is 1. The van der Waals surface area contributed by atoms with Crippen LogP contribution in [0.15, 0.2) is 18.2 Å². The van der Waals surface area contributed by atoms with Gasteiger partial charge in [0.2, 0.25) is 11.8 Å². The summed E-state index contributed by atoms with van der Waals surface area (Å²) in [6.45, 7) is 15.0. The number of ether oxygens (including phenoxy) is 2. The second kappa shape index (κ2) is 14.5. The van der Waals surface area contributed by atoms with Crippen molar-refractivity contribution in [1.82, 2.24) is 15.5 Å². The van der Waals surface area contributed by atoms with E-state index in [9.17, 15) is 19.2 Å². The smallest absolute Gasteiger partial charge is 0.408 e. The van der Waals surface area contributed by atoms with Crippen LogP contribution in [-0.4, -0.2) is 60.1 Å². The van der Waals surface area contributed by atoms with Crippen LogP contribution < -0.4 is 10.6 Å². The van der Waals surface area contributed by atoms with Gasteiger partial charge in [0.15, 0.2) is 0 Å². The Morgan fingerprint density at radius 1 is 1.06 bits per heavy atom. The van der Waals surface area contributed by atoms with E-state index in [4.69, 9.17) is 9.47 Å². The number of nitrogens with one attached hydrogen (secondary N) is 2. The van der Waals surface area contributed by atoms with Gasteiger partial charge in [0, 0.05) is 13.1 Å². The molecule has 36 heavy (non-hydrogen) atoms. The van der Waals surface area contributed by atoms with Crippen molar-refractivity contribution < 1.29 is 28.7 Å². The van der Waals surface area contributed by atoms with Gasteiger partial charge in [-0.2, -0.15) is 0 Å². The molecular formula is C27H43N3O6. The maximum Gasteiger partial charge on any atom is 0.408 e. The average Bonchev–Trinajstić information content (AvgIpc) is 2.76. The Morgan fingerprint density at radius 2 is 1.67 bits per heavy atom. The quantitative estimate of drug-likeness (QED) is 0.416. The largest absolute Gasteiger partial charge is 0.466 e. The van der Waals surface area contributed by atoms with Crippen LogP contribution in [0.5, 0.6) is 0 Å². The fourth-order valence-electron chi connectivity index (χ4n) is 3.79. The summed E-state index contributed by atoms with van der Waals surface area (Å²) in [6, 6.07) is 3.83. The number of unbranched alkanes of at least 4 members (excludes halogenated alkanes) is 1. The predicted octanol–water partition coefficient (Wildman–Crippen LogP) is 3.96. The fourth-order valence-corrected chi connectivity index (χ4v) is 3.79. The number of rotatable bonds is 12. The van der Waals surface area contributed by atoms with Crippen LogP contribution in [0.2, 0.25) is 0 Å². The number of carbonyl (C=O) groups is 4. The van der Waals surface area contributed by atoms with Crippen molar-refractivity contribution in [3.63, 3.8) is 0 Å². The highest BCUT2D eigenvalue weighted by Gasteiger charge is 2.35. The molecule has 0 heterocycles. The van der Waals surface area contributed by atoms with Gasteiger partial charge in [-0.1, -0.05) is 31.5 Å². The average molecular weight is 506 g/mol. The van der Waals surface area contributed by atoms with E-state index >= 15 is 0 Å². The predicted molar refractivity (Wildman–Crippen MR) is 138 cm³/mol. The summed E-state index contributed by atoms with van der Waals surface area (Å²) in [4.78, 5) is 52.8. The molecule has 1 aromatic rings. The van der Waals surface area contributed by atoms with Gasteiger partial charge in [0.1, 0.15) is 17.7 Å². The molecule has 1 aromatic carbocycles. The van der Waals surface area contributed by atoms with E-state index in [-0.39, 0.29) is 19.6 Å². The third kappa shape index (κ3) is 9.87. The van der Waals surface area contributed by atoms with Crippen molar-refractivity contribution in [2.45, 2.75) is 92.3 Å². The maximum absolute atomic E-state index is 13.7. The van der Waals surface area contributed by atoms with E-state index in [1.54, 1.807) is 34.6 Å². The van der Waals surface area contributed by atoms with Crippen LogP contribution >= 0.6 is 0 Å². The molecule has 9 heteroatoms. The fraction of sp³-hybridized carbons (Fsp3) is 0.630. The molecule has 1 rings (SSSR count). The van der Waals surface area contributed by atoms with Crippen LogP contribution in [0, 0.1) is 13.8 Å². The summed E-state index contributed by atoms with van der Waals surface area (Å²) in [5.74, 6) is -1.20. The highest BCUT2D eigenvalue weighted by Crippen LogP contribution is 2.29. The second-order valence-electron chi connectivity index (χ2n) is 9.81. The molecule has 0 aromatic heterocycles. The van der Waals surface area contributed by atoms with Gasteiger partial charge in [-0.15, -0.1) is 0 Å². The minimum Gasteiger partial charge on any atom is -0.466 e. The Labute approximate surface area is 215 Å². The first-order valence-corrected chi connectivity index (χ1v) is 12.6. The molecule has 0 radical (unpaired) electrons. The van der Waals surface area contributed by atoms with Crippen molar-refractivity contribution in [2.75, 3.05) is 19.7 Å². The molecule has 0 aliphatic carbocycles. The Hall–Kier alpha value is -3.10. The van der Waals surface area contributed by atoms with Gasteiger partial charge in [0.25, 0.3) is 0 Å². The van der Waals surface area contributed by atoms with E-state index in [1.807, 2.05) is 39.0 Å². The minimum atomic E-state index is -0.935. The molecule has 0 aliphatic rings. The summed E-state index contributed by atoms with van der Waals surface area (Å²) >= 11 is 0. The first-order valence-electron chi connectivity index (χ1n) is 12.6. The molecule has 9 nitrogen and oxygen atoms in total. The highest BCUT2D eigenvalue weighted by molar-refractivity contribution is 5.92. The van der Waals surface area contributed by atoms with Crippen LogP contribution in [0.3, 0.4) is 0 Å². The Balaban J connectivity index is 3.32. The van der Waals surface area contributed by atoms with Crippen molar-refractivity contribution in [3.8, 4) is 0 Å². The Bertz CT molecular complexity index is 889. The molecule has 0 saturated carbocycles. The number of nitrogens with zero attached hydrogens (tertiary/aromatic N) is 1. The third-order valence-electron chi connectivity index (χ3n) is 5.45. The van der Waals surface area contributed by atoms with Crippen LogP contribution in [0.25, 0.3) is 0 Å². The molecule has 202 valence electrons. The topological polar surface area (TPSA) is 114 Å². The van der Waals surface area contributed by atoms with Crippen molar-refractivity contribution in [3.05, 3.63) is 34.9 Å². The highest BCUT2D eigenvalue weighted by atomic mass is 16.6. The number of carbonyl (C=O) groups excluding carboxylic acids is 4. The van der Waals surface area contributed by atoms with Crippen molar-refractivity contribution in [1.29, 1.82) is 0 Å². The summed E-state index contributed by atoms with van der Waals surface area (Å²) < 4.78 is 10.2. The molecule has 0 bridgehead atoms. The van der Waals surface area contributed by atoms with Crippen LogP contribution in [0.1, 0.15) is 83.5 Å². The standard InChI is InChI=1S/C27H43N3O6/c1-9-11-17-30(25(33)20(5)29-26(34)36-27(6,7)8)23(22-18(3)13-12-14-19(22)4)24(32)28-16-15-21(31)35-10-2/h12-14,20,23H,9-11,15-17H2,1-8H3,(H,28,32)(H,29,34). The Morgan fingerprint density at radius 3 is 2.19 bits per heavy atom. The molecule has 2 unspecified atom stereocenters. The lowest BCUT2D eigenvalue weighted by Crippen LogP contribution is -2.52. The van der Waals surface area contributed by atoms with Gasteiger partial charge in [-0.3, -0.25) is 14.4 Å². The van der Waals surface area contributed by atoms with Crippen molar-refractivity contribution >= 4 is 23.9 Å². The maximum atomic E-state index is 13.7. The zero-order valence-electron chi connectivity index (χ0n) is 23.0. The zero-order chi connectivity index (χ0) is 27.5. The van der Waals surface area contributed by atoms with Crippen LogP contribution in [0.4, 0.5) is 4.79 Å². The summed E-state index contributed by atoms with van der Waals surface area (Å²) in [7, 11) is 0. The molecule has 0 spiro atoms. The lowest BCUT2D eigenvalue weighted by atomic mass is 9.93. The van der Waals surface area contributed by atoms with E-state index in [2.05, 4.69) is 10.6 Å². The number of hydrogen-bond acceptors (Lipinski definition) is 6. The SMILES string of the molecule is CCCCN(C(=O)C(C)NC(=O)OC(C)(C)C)C(C(=O)NCCC(=O)OCC)c1c(C)cccc1C. The molecule has 0 aliphatic heterocycles. The third-order valence-corrected chi connectivity index (χ3v) is 5.45. The number of amides is 3. The lowest BCUT2D eigenvalue weighted by Gasteiger charge is -2.35. The van der Waals surface area contributed by atoms with E-state index < -0.39 is 41.6 Å². The van der Waals surface area contributed by atoms with Gasteiger partial charge < -0.3 is 25.0 Å². The molecule has 2 N–H and O–H groups in total. The monoisotopic (exact) mass is 505 g/mol. The van der Waals surface area contributed by atoms with E-state index in [0.717, 1.165) is 23.1 Å². The minimum absolute atomic E-state index is 0.0264. The molecule has 0 saturated heterocycles. The molecule has 3 amide bonds. The normalized spacial score (nSPS) is 12.8. The summed E-state index contributed by atoms with van der Waals surface area (Å²) in [5, 5.41) is 5.40. The van der Waals surface area contributed by atoms with Gasteiger partial charge in [-0.25, -0.2) is 4.79 Å². The number of aryl methyl sites for hydroxylation is 2. The van der Waals surface area contributed by atoms with Gasteiger partial charge >= 0.3 is 12.1 Å². The van der Waals surface area contributed by atoms with Gasteiger partial charge in [0.05, 0.1) is 13.0 Å². The van der Waals surface area contributed by atoms with E-state index in [0.29, 0.717) is 13.0 Å². The number of esters is 1.